The van der Waals surface area contributed by atoms with Crippen LogP contribution in [-0.4, -0.2) is 39.7 Å². The Morgan fingerprint density at radius 2 is 2.16 bits per heavy atom. The Hall–Kier alpha value is -2.05. The molecule has 1 aromatic rings. The first-order valence-electron chi connectivity index (χ1n) is 6.02. The minimum absolute atomic E-state index is 0.0561. The summed E-state index contributed by atoms with van der Waals surface area (Å²) in [6.45, 7) is 6.40. The van der Waals surface area contributed by atoms with E-state index in [0.717, 1.165) is 0 Å². The quantitative estimate of drug-likeness (QED) is 0.632. The van der Waals surface area contributed by atoms with Gasteiger partial charge in [0.05, 0.1) is 6.33 Å². The summed E-state index contributed by atoms with van der Waals surface area (Å²) in [4.78, 5) is 29.3. The van der Waals surface area contributed by atoms with Gasteiger partial charge in [0.15, 0.2) is 0 Å². The van der Waals surface area contributed by atoms with Gasteiger partial charge in [-0.25, -0.2) is 14.6 Å². The first-order valence-corrected chi connectivity index (χ1v) is 6.02. The van der Waals surface area contributed by atoms with Crippen LogP contribution in [0.15, 0.2) is 12.5 Å². The number of carboxylic acid groups (broad SMARTS) is 1. The highest BCUT2D eigenvalue weighted by atomic mass is 16.4. The number of carbonyl (C=O) groups excluding carboxylic acids is 1. The van der Waals surface area contributed by atoms with E-state index in [-0.39, 0.29) is 11.8 Å². The molecule has 0 aliphatic rings. The zero-order valence-electron chi connectivity index (χ0n) is 11.4. The number of aromatic nitrogens is 2. The van der Waals surface area contributed by atoms with Crippen molar-refractivity contribution in [3.63, 3.8) is 0 Å². The van der Waals surface area contributed by atoms with Gasteiger partial charge in [-0.05, 0) is 5.41 Å². The number of hydrogen-bond acceptors (Lipinski definition) is 3. The van der Waals surface area contributed by atoms with E-state index in [1.807, 2.05) is 20.8 Å². The van der Waals surface area contributed by atoms with Gasteiger partial charge < -0.3 is 20.7 Å². The molecule has 0 aromatic carbocycles. The van der Waals surface area contributed by atoms with Crippen molar-refractivity contribution in [3.05, 3.63) is 18.2 Å². The number of hydrogen-bond donors (Lipinski definition) is 4. The van der Waals surface area contributed by atoms with Gasteiger partial charge >= 0.3 is 12.0 Å². The third-order valence-corrected chi connectivity index (χ3v) is 2.36. The summed E-state index contributed by atoms with van der Waals surface area (Å²) in [5, 5.41) is 14.2. The first-order chi connectivity index (χ1) is 8.78. The van der Waals surface area contributed by atoms with Crippen molar-refractivity contribution in [2.45, 2.75) is 33.2 Å². The van der Waals surface area contributed by atoms with E-state index in [4.69, 9.17) is 5.11 Å². The molecule has 1 heterocycles. The van der Waals surface area contributed by atoms with E-state index in [0.29, 0.717) is 12.2 Å². The second-order valence-corrected chi connectivity index (χ2v) is 5.56. The fourth-order valence-electron chi connectivity index (χ4n) is 1.37. The number of nitrogens with one attached hydrogen (secondary N) is 3. The number of aliphatic carboxylic acids is 1. The van der Waals surface area contributed by atoms with Crippen LogP contribution in [0.2, 0.25) is 0 Å². The van der Waals surface area contributed by atoms with Crippen LogP contribution in [0.1, 0.15) is 26.5 Å². The van der Waals surface area contributed by atoms with Gasteiger partial charge in [-0.15, -0.1) is 0 Å². The van der Waals surface area contributed by atoms with E-state index in [1.165, 1.54) is 12.5 Å². The minimum Gasteiger partial charge on any atom is -0.480 e. The van der Waals surface area contributed by atoms with E-state index in [1.54, 1.807) is 0 Å². The monoisotopic (exact) mass is 268 g/mol. The number of amides is 2. The van der Waals surface area contributed by atoms with E-state index in [2.05, 4.69) is 20.6 Å². The van der Waals surface area contributed by atoms with E-state index in [9.17, 15) is 9.59 Å². The second kappa shape index (κ2) is 6.21. The van der Waals surface area contributed by atoms with E-state index >= 15 is 0 Å². The molecule has 106 valence electrons. The lowest BCUT2D eigenvalue weighted by Gasteiger charge is -2.20. The van der Waals surface area contributed by atoms with Crippen molar-refractivity contribution in [1.82, 2.24) is 20.6 Å². The summed E-state index contributed by atoms with van der Waals surface area (Å²) in [6.07, 6.45) is 3.16. The van der Waals surface area contributed by atoms with Crippen LogP contribution in [-0.2, 0) is 11.2 Å². The van der Waals surface area contributed by atoms with Gasteiger partial charge in [0.25, 0.3) is 0 Å². The Bertz CT molecular complexity index is 423. The molecule has 0 aliphatic carbocycles. The van der Waals surface area contributed by atoms with E-state index < -0.39 is 18.0 Å². The predicted molar refractivity (Wildman–Crippen MR) is 69.7 cm³/mol. The minimum atomic E-state index is -1.08. The van der Waals surface area contributed by atoms with Crippen LogP contribution in [0.4, 0.5) is 4.79 Å². The predicted octanol–water partition coefficient (Wildman–Crippen LogP) is 0.751. The average molecular weight is 268 g/mol. The lowest BCUT2D eigenvalue weighted by atomic mass is 9.97. The van der Waals surface area contributed by atoms with Crippen LogP contribution in [0, 0.1) is 5.41 Å². The third kappa shape index (κ3) is 5.89. The Morgan fingerprint density at radius 1 is 1.47 bits per heavy atom. The highest BCUT2D eigenvalue weighted by Gasteiger charge is 2.21. The van der Waals surface area contributed by atoms with Crippen LogP contribution in [0.5, 0.6) is 0 Å². The molecule has 0 radical (unpaired) electrons. The van der Waals surface area contributed by atoms with Crippen LogP contribution >= 0.6 is 0 Å². The number of urea groups is 1. The Labute approximate surface area is 111 Å². The number of nitrogens with zero attached hydrogens (tertiary/aromatic N) is 1. The topological polar surface area (TPSA) is 107 Å². The lowest BCUT2D eigenvalue weighted by Crippen LogP contribution is -2.48. The molecular formula is C12H20N4O3. The highest BCUT2D eigenvalue weighted by molar-refractivity contribution is 5.82. The largest absolute Gasteiger partial charge is 0.480 e. The Balaban J connectivity index is 2.49. The van der Waals surface area contributed by atoms with Crippen molar-refractivity contribution in [1.29, 1.82) is 0 Å². The number of carbonyl (C=O) groups is 2. The SMILES string of the molecule is CC(C)(C)CNC(=O)N[C@@H](Cc1cnc[nH]1)C(=O)O. The summed E-state index contributed by atoms with van der Waals surface area (Å²) in [5.41, 5.74) is 0.600. The Morgan fingerprint density at radius 3 is 2.63 bits per heavy atom. The first kappa shape index (κ1) is 15.0. The molecule has 0 aliphatic heterocycles. The molecule has 7 heteroatoms. The number of rotatable bonds is 5. The molecule has 1 atom stereocenters. The molecule has 0 spiro atoms. The summed E-state index contributed by atoms with van der Waals surface area (Å²) >= 11 is 0. The van der Waals surface area contributed by atoms with Crippen molar-refractivity contribution in [3.8, 4) is 0 Å². The average Bonchev–Trinajstić information content (AvgIpc) is 2.77. The number of aromatic amines is 1. The maximum absolute atomic E-state index is 11.6. The molecule has 0 saturated heterocycles. The molecule has 19 heavy (non-hydrogen) atoms. The van der Waals surface area contributed by atoms with Crippen LogP contribution in [0.3, 0.4) is 0 Å². The summed E-state index contributed by atoms with van der Waals surface area (Å²) in [5.74, 6) is -1.08. The fraction of sp³-hybridized carbons (Fsp3) is 0.583. The zero-order chi connectivity index (χ0) is 14.5. The molecular weight excluding hydrogens is 248 g/mol. The van der Waals surface area contributed by atoms with Gasteiger partial charge in [0, 0.05) is 24.9 Å². The van der Waals surface area contributed by atoms with Crippen LogP contribution in [0.25, 0.3) is 0 Å². The highest BCUT2D eigenvalue weighted by Crippen LogP contribution is 2.10. The van der Waals surface area contributed by atoms with Crippen molar-refractivity contribution < 1.29 is 14.7 Å². The van der Waals surface area contributed by atoms with Crippen molar-refractivity contribution in [2.24, 2.45) is 5.41 Å². The molecule has 0 fully saturated rings. The molecule has 0 bridgehead atoms. The summed E-state index contributed by atoms with van der Waals surface area (Å²) < 4.78 is 0. The standard InChI is InChI=1S/C12H20N4O3/c1-12(2,3)6-14-11(19)16-9(10(17)18)4-8-5-13-7-15-8/h5,7,9H,4,6H2,1-3H3,(H,13,15)(H,17,18)(H2,14,16,19)/t9-/m0/s1. The summed E-state index contributed by atoms with van der Waals surface area (Å²) in [7, 11) is 0. The fourth-order valence-corrected chi connectivity index (χ4v) is 1.37. The van der Waals surface area contributed by atoms with Crippen molar-refractivity contribution >= 4 is 12.0 Å². The molecule has 7 nitrogen and oxygen atoms in total. The zero-order valence-corrected chi connectivity index (χ0v) is 11.4. The maximum atomic E-state index is 11.6. The van der Waals surface area contributed by atoms with Gasteiger partial charge in [-0.3, -0.25) is 0 Å². The molecule has 4 N–H and O–H groups in total. The Kier molecular flexibility index (Phi) is 4.91. The molecule has 0 saturated carbocycles. The van der Waals surface area contributed by atoms with Crippen LogP contribution < -0.4 is 10.6 Å². The third-order valence-electron chi connectivity index (χ3n) is 2.36. The summed E-state index contributed by atoms with van der Waals surface area (Å²) in [6, 6.07) is -1.47. The van der Waals surface area contributed by atoms with Gasteiger partial charge in [0.2, 0.25) is 0 Å². The number of H-pyrrole nitrogens is 1. The van der Waals surface area contributed by atoms with Gasteiger partial charge in [0.1, 0.15) is 6.04 Å². The lowest BCUT2D eigenvalue weighted by molar-refractivity contribution is -0.139. The molecule has 1 aromatic heterocycles. The molecule has 0 unspecified atom stereocenters. The van der Waals surface area contributed by atoms with Gasteiger partial charge in [-0.2, -0.15) is 0 Å². The molecule has 1 rings (SSSR count). The maximum Gasteiger partial charge on any atom is 0.326 e. The molecule has 2 amide bonds. The smallest absolute Gasteiger partial charge is 0.326 e. The number of carboxylic acids is 1. The number of imidazole rings is 1. The second-order valence-electron chi connectivity index (χ2n) is 5.56. The van der Waals surface area contributed by atoms with Crippen molar-refractivity contribution in [2.75, 3.05) is 6.54 Å². The normalized spacial score (nSPS) is 12.8. The van der Waals surface area contributed by atoms with Gasteiger partial charge in [-0.1, -0.05) is 20.8 Å².